The minimum atomic E-state index is -3.61. The highest BCUT2D eigenvalue weighted by molar-refractivity contribution is 7.92. The van der Waals surface area contributed by atoms with Crippen molar-refractivity contribution < 1.29 is 52.0 Å². The number of carboxylic acid groups (broad SMARTS) is 2. The fourth-order valence-electron chi connectivity index (χ4n) is 9.49. The predicted octanol–water partition coefficient (Wildman–Crippen LogP) is 3.97. The first kappa shape index (κ1) is 40.3. The summed E-state index contributed by atoms with van der Waals surface area (Å²) in [5.41, 5.74) is 0. The summed E-state index contributed by atoms with van der Waals surface area (Å²) in [7, 11) is -3.61. The van der Waals surface area contributed by atoms with Gasteiger partial charge in [-0.2, -0.15) is 0 Å². The molecule has 10 unspecified atom stereocenters. The summed E-state index contributed by atoms with van der Waals surface area (Å²) in [5.74, 6) is -6.10. The lowest BCUT2D eigenvalue weighted by Gasteiger charge is -2.37. The van der Waals surface area contributed by atoms with Gasteiger partial charge < -0.3 is 35.1 Å². The number of rotatable bonds is 14. The van der Waals surface area contributed by atoms with Gasteiger partial charge in [0.05, 0.1) is 59.6 Å². The summed E-state index contributed by atoms with van der Waals surface area (Å²) in [5, 5.41) is 24.5. The fraction of sp³-hybridized carbons (Fsp3) is 0.842. The fourth-order valence-corrected chi connectivity index (χ4v) is 12.0. The van der Waals surface area contributed by atoms with Crippen LogP contribution in [0.2, 0.25) is 0 Å². The van der Waals surface area contributed by atoms with Gasteiger partial charge in [0.25, 0.3) is 0 Å². The molecule has 5 aliphatic carbocycles. The van der Waals surface area contributed by atoms with Gasteiger partial charge in [-0.1, -0.05) is 38.5 Å². The number of sulfone groups is 1. The molecule has 5 fully saturated rings. The first-order chi connectivity index (χ1) is 25.0. The molecule has 4 N–H and O–H groups in total. The van der Waals surface area contributed by atoms with E-state index in [1.54, 1.807) is 0 Å². The lowest BCUT2D eigenvalue weighted by molar-refractivity contribution is -0.152. The summed E-state index contributed by atoms with van der Waals surface area (Å²) in [6, 6.07) is -0.757. The van der Waals surface area contributed by atoms with E-state index in [-0.39, 0.29) is 61.8 Å². The normalized spacial score (nSPS) is 34.7. The molecule has 5 saturated carbocycles. The quantitative estimate of drug-likeness (QED) is 0.148. The Bertz CT molecular complexity index is 1390. The molecule has 52 heavy (non-hydrogen) atoms. The van der Waals surface area contributed by atoms with E-state index in [4.69, 9.17) is 20.6 Å². The lowest BCUT2D eigenvalue weighted by atomic mass is 9.77. The van der Waals surface area contributed by atoms with Gasteiger partial charge in [0.2, 0.25) is 11.8 Å². The zero-order valence-electron chi connectivity index (χ0n) is 30.3. The Morgan fingerprint density at radius 1 is 0.577 bits per heavy atom. The molecule has 292 valence electrons. The van der Waals surface area contributed by atoms with E-state index in [9.17, 15) is 37.8 Å². The third-order valence-corrected chi connectivity index (χ3v) is 15.1. The van der Waals surface area contributed by atoms with Crippen molar-refractivity contribution in [3.05, 3.63) is 0 Å². The van der Waals surface area contributed by atoms with Crippen LogP contribution in [0.15, 0.2) is 0 Å². The maximum atomic E-state index is 14.0. The van der Waals surface area contributed by atoms with Gasteiger partial charge in [-0.15, -0.1) is 0 Å². The molecule has 13 nitrogen and oxygen atoms in total. The van der Waals surface area contributed by atoms with E-state index in [0.717, 1.165) is 12.8 Å². The van der Waals surface area contributed by atoms with Crippen molar-refractivity contribution in [2.45, 2.75) is 163 Å². The molecule has 5 rings (SSSR count). The average molecular weight is 751 g/mol. The number of terminal acetylenes is 1. The topological polar surface area (TPSA) is 195 Å². The monoisotopic (exact) mass is 750 g/mol. The summed E-state index contributed by atoms with van der Waals surface area (Å²) >= 11 is 0. The molecule has 0 radical (unpaired) electrons. The standard InChI is InChI=1S/C38H58N2O11S/c1-2-49-27-14-16-31(33(22-27)37(43)44)35(41)39-24-8-6-12-29(20-24)52(47,48)30-13-7-9-25(21-30)40-36(42)32-17-15-28(23-34(32)38(45)46)51-19-18-50-26-10-4-3-5-11-26/h1,24-34H,3-23H2,(H,39,41)(H,40,42)(H,43,44)(H,45,46). The summed E-state index contributed by atoms with van der Waals surface area (Å²) < 4.78 is 45.1. The molecule has 0 bridgehead atoms. The van der Waals surface area contributed by atoms with Crippen LogP contribution in [0.5, 0.6) is 0 Å². The Kier molecular flexibility index (Phi) is 14.7. The average Bonchev–Trinajstić information content (AvgIpc) is 3.14. The van der Waals surface area contributed by atoms with E-state index in [1.807, 2.05) is 0 Å². The van der Waals surface area contributed by atoms with Crippen LogP contribution >= 0.6 is 0 Å². The Morgan fingerprint density at radius 2 is 1.06 bits per heavy atom. The molecular weight excluding hydrogens is 692 g/mol. The summed E-state index contributed by atoms with van der Waals surface area (Å²) in [6.07, 6.45) is 18.8. The number of aliphatic carboxylic acids is 2. The molecule has 10 atom stereocenters. The zero-order valence-corrected chi connectivity index (χ0v) is 31.1. The Hall–Kier alpha value is -2.89. The third kappa shape index (κ3) is 10.6. The SMILES string of the molecule is C#COC1CCC(C(=O)NC2CCCC(S(=O)(=O)C3CCCC(NC(=O)C4CCC(OCCOC5CCCCC5)CC4C(=O)O)C3)C2)C(C(=O)O)C1. The Morgan fingerprint density at radius 3 is 1.56 bits per heavy atom. The number of amides is 2. The third-order valence-electron chi connectivity index (χ3n) is 12.4. The van der Waals surface area contributed by atoms with E-state index < -0.39 is 62.1 Å². The number of carbonyl (C=O) groups is 4. The lowest BCUT2D eigenvalue weighted by Crippen LogP contribution is -2.50. The van der Waals surface area contributed by atoms with Crippen molar-refractivity contribution >= 4 is 33.6 Å². The summed E-state index contributed by atoms with van der Waals surface area (Å²) in [6.45, 7) is 0.870. The highest BCUT2D eigenvalue weighted by atomic mass is 32.2. The first-order valence-electron chi connectivity index (χ1n) is 19.6. The van der Waals surface area contributed by atoms with E-state index in [0.29, 0.717) is 77.4 Å². The van der Waals surface area contributed by atoms with Crippen LogP contribution in [0.3, 0.4) is 0 Å². The van der Waals surface area contributed by atoms with Crippen molar-refractivity contribution in [3.63, 3.8) is 0 Å². The van der Waals surface area contributed by atoms with Crippen molar-refractivity contribution in [2.75, 3.05) is 13.2 Å². The van der Waals surface area contributed by atoms with Gasteiger partial charge in [-0.05, 0) is 89.9 Å². The molecule has 5 aliphatic rings. The molecule has 0 aromatic carbocycles. The maximum Gasteiger partial charge on any atom is 0.307 e. The predicted molar refractivity (Wildman–Crippen MR) is 190 cm³/mol. The molecule has 0 saturated heterocycles. The van der Waals surface area contributed by atoms with E-state index in [1.165, 1.54) is 19.3 Å². The number of ether oxygens (including phenoxy) is 3. The molecule has 0 aromatic rings. The van der Waals surface area contributed by atoms with Crippen molar-refractivity contribution in [2.24, 2.45) is 23.7 Å². The van der Waals surface area contributed by atoms with Crippen molar-refractivity contribution in [3.8, 4) is 12.5 Å². The Balaban J connectivity index is 1.09. The van der Waals surface area contributed by atoms with Gasteiger partial charge >= 0.3 is 11.9 Å². The molecular formula is C38H58N2O11S. The van der Waals surface area contributed by atoms with Crippen molar-refractivity contribution in [1.29, 1.82) is 0 Å². The second-order valence-corrected chi connectivity index (χ2v) is 18.3. The van der Waals surface area contributed by atoms with Crippen molar-refractivity contribution in [1.82, 2.24) is 10.6 Å². The highest BCUT2D eigenvalue weighted by Gasteiger charge is 2.45. The zero-order chi connectivity index (χ0) is 37.3. The van der Waals surface area contributed by atoms with Crippen LogP contribution in [-0.2, 0) is 43.2 Å². The molecule has 0 aliphatic heterocycles. The molecule has 0 heterocycles. The first-order valence-corrected chi connectivity index (χ1v) is 21.2. The van der Waals surface area contributed by atoms with Crippen LogP contribution in [0.4, 0.5) is 0 Å². The number of hydrogen-bond donors (Lipinski definition) is 4. The molecule has 0 spiro atoms. The number of hydrogen-bond acceptors (Lipinski definition) is 9. The van der Waals surface area contributed by atoms with Crippen LogP contribution in [0.1, 0.15) is 122 Å². The molecule has 0 aromatic heterocycles. The second-order valence-electron chi connectivity index (χ2n) is 15.8. The number of nitrogens with one attached hydrogen (secondary N) is 2. The minimum absolute atomic E-state index is 0.140. The van der Waals surface area contributed by atoms with Gasteiger partial charge in [0.15, 0.2) is 9.84 Å². The van der Waals surface area contributed by atoms with Crippen LogP contribution in [-0.4, -0.2) is 96.5 Å². The number of carboxylic acids is 2. The maximum absolute atomic E-state index is 14.0. The van der Waals surface area contributed by atoms with Crippen LogP contribution in [0, 0.1) is 36.2 Å². The van der Waals surface area contributed by atoms with Crippen LogP contribution in [0.25, 0.3) is 0 Å². The largest absolute Gasteiger partial charge is 0.481 e. The second kappa shape index (κ2) is 18.9. The molecule has 2 amide bonds. The highest BCUT2D eigenvalue weighted by Crippen LogP contribution is 2.37. The Labute approximate surface area is 308 Å². The van der Waals surface area contributed by atoms with Gasteiger partial charge in [0.1, 0.15) is 12.2 Å². The minimum Gasteiger partial charge on any atom is -0.481 e. The van der Waals surface area contributed by atoms with Gasteiger partial charge in [-0.3, -0.25) is 19.2 Å². The molecule has 14 heteroatoms. The van der Waals surface area contributed by atoms with Gasteiger partial charge in [-0.25, -0.2) is 8.42 Å². The summed E-state index contributed by atoms with van der Waals surface area (Å²) in [4.78, 5) is 51.0. The van der Waals surface area contributed by atoms with E-state index in [2.05, 4.69) is 16.7 Å². The van der Waals surface area contributed by atoms with Gasteiger partial charge in [0, 0.05) is 12.1 Å². The van der Waals surface area contributed by atoms with E-state index >= 15 is 0 Å². The number of carbonyl (C=O) groups excluding carboxylic acids is 2. The smallest absolute Gasteiger partial charge is 0.307 e. The van der Waals surface area contributed by atoms with Crippen LogP contribution < -0.4 is 10.6 Å².